The molecule has 0 radical (unpaired) electrons. The molecule has 0 heterocycles. The second-order valence-corrected chi connectivity index (χ2v) is 1.32. The van der Waals surface area contributed by atoms with E-state index in [1.54, 1.807) is 0 Å². The van der Waals surface area contributed by atoms with E-state index in [1.165, 1.54) is 0 Å². The van der Waals surface area contributed by atoms with E-state index in [1.807, 2.05) is 5.34 Å². The van der Waals surface area contributed by atoms with E-state index in [0.717, 1.165) is 6.92 Å². The van der Waals surface area contributed by atoms with Crippen LogP contribution in [0, 0.1) is 4.91 Å². The second kappa shape index (κ2) is 4.42. The summed E-state index contributed by atoms with van der Waals surface area (Å²) in [4.78, 5) is 32.9. The van der Waals surface area contributed by atoms with Crippen molar-refractivity contribution >= 4 is 11.9 Å². The zero-order chi connectivity index (χ0) is 7.98. The molecule has 0 bridgehead atoms. The topological polar surface area (TPSA) is 82.0 Å². The monoisotopic (exact) mass is 147 g/mol. The molecule has 0 spiro atoms. The molecule has 0 fully saturated rings. The lowest BCUT2D eigenvalue weighted by molar-refractivity contribution is -0.157. The van der Waals surface area contributed by atoms with Gasteiger partial charge < -0.3 is 4.74 Å². The minimum absolute atomic E-state index is 0.582. The standard InChI is InChI=1S/C4H5NO5/c1-3(6)9-2-4(7)10-5-8/h2H2,1H3. The number of rotatable bonds is 3. The fourth-order valence-corrected chi connectivity index (χ4v) is 0.228. The number of carbonyl (C=O) groups is 2. The minimum Gasteiger partial charge on any atom is -0.454 e. The molecule has 56 valence electrons. The molecule has 0 aliphatic rings. The Balaban J connectivity index is 3.39. The average Bonchev–Trinajstić information content (AvgIpc) is 1.85. The number of esters is 1. The van der Waals surface area contributed by atoms with E-state index >= 15 is 0 Å². The molecule has 0 aromatic rings. The zero-order valence-corrected chi connectivity index (χ0v) is 5.20. The van der Waals surface area contributed by atoms with Crippen LogP contribution in [0.5, 0.6) is 0 Å². The van der Waals surface area contributed by atoms with Crippen LogP contribution in [0.1, 0.15) is 6.92 Å². The van der Waals surface area contributed by atoms with Gasteiger partial charge in [0.05, 0.1) is 0 Å². The Bertz CT molecular complexity index is 154. The predicted octanol–water partition coefficient (Wildman–Crippen LogP) is -0.226. The van der Waals surface area contributed by atoms with Gasteiger partial charge in [-0.3, -0.25) is 9.63 Å². The highest BCUT2D eigenvalue weighted by molar-refractivity contribution is 5.74. The number of nitrogens with zero attached hydrogens (tertiary/aromatic N) is 1. The largest absolute Gasteiger partial charge is 0.454 e. The SMILES string of the molecule is CC(=O)OCC(=O)ON=O. The van der Waals surface area contributed by atoms with Crippen LogP contribution in [0.4, 0.5) is 0 Å². The summed E-state index contributed by atoms with van der Waals surface area (Å²) in [6.45, 7) is 0.544. The zero-order valence-electron chi connectivity index (χ0n) is 5.20. The van der Waals surface area contributed by atoms with Crippen LogP contribution in [0.2, 0.25) is 0 Å². The second-order valence-electron chi connectivity index (χ2n) is 1.32. The van der Waals surface area contributed by atoms with Gasteiger partial charge in [-0.15, -0.1) is 4.91 Å². The Labute approximate surface area is 56.0 Å². The third-order valence-electron chi connectivity index (χ3n) is 0.532. The van der Waals surface area contributed by atoms with Crippen LogP contribution < -0.4 is 0 Å². The van der Waals surface area contributed by atoms with Gasteiger partial charge in [0.15, 0.2) is 11.9 Å². The van der Waals surface area contributed by atoms with Crippen LogP contribution in [-0.2, 0) is 19.2 Å². The molecule has 0 aromatic carbocycles. The summed E-state index contributed by atoms with van der Waals surface area (Å²) in [6, 6.07) is 0. The summed E-state index contributed by atoms with van der Waals surface area (Å²) in [6.07, 6.45) is 0. The van der Waals surface area contributed by atoms with Crippen LogP contribution >= 0.6 is 0 Å². The van der Waals surface area contributed by atoms with E-state index < -0.39 is 18.5 Å². The highest BCUT2D eigenvalue weighted by atomic mass is 16.8. The molecule has 0 aliphatic carbocycles. The number of hydrogen-bond donors (Lipinski definition) is 0. The first kappa shape index (κ1) is 8.54. The van der Waals surface area contributed by atoms with Gasteiger partial charge in [-0.1, -0.05) is 0 Å². The van der Waals surface area contributed by atoms with E-state index in [4.69, 9.17) is 0 Å². The van der Waals surface area contributed by atoms with Crippen molar-refractivity contribution in [2.45, 2.75) is 6.92 Å². The Morgan fingerprint density at radius 2 is 2.10 bits per heavy atom. The summed E-state index contributed by atoms with van der Waals surface area (Å²) < 4.78 is 4.14. The van der Waals surface area contributed by atoms with Crippen molar-refractivity contribution in [1.82, 2.24) is 0 Å². The molecular formula is C4H5NO5. The van der Waals surface area contributed by atoms with Gasteiger partial charge in [-0.05, 0) is 0 Å². The van der Waals surface area contributed by atoms with Crippen molar-refractivity contribution in [2.24, 2.45) is 5.34 Å². The van der Waals surface area contributed by atoms with Crippen molar-refractivity contribution in [3.05, 3.63) is 4.91 Å². The molecule has 0 N–H and O–H groups in total. The van der Waals surface area contributed by atoms with E-state index in [9.17, 15) is 14.5 Å². The minimum atomic E-state index is -0.995. The van der Waals surface area contributed by atoms with E-state index in [0.29, 0.717) is 0 Å². The van der Waals surface area contributed by atoms with Crippen molar-refractivity contribution in [2.75, 3.05) is 6.61 Å². The lowest BCUT2D eigenvalue weighted by atomic mass is 10.7. The molecular weight excluding hydrogens is 142 g/mol. The number of ether oxygens (including phenoxy) is 1. The fourth-order valence-electron chi connectivity index (χ4n) is 0.228. The van der Waals surface area contributed by atoms with Gasteiger partial charge in [-0.25, -0.2) is 4.79 Å². The van der Waals surface area contributed by atoms with Gasteiger partial charge in [0.1, 0.15) is 0 Å². The van der Waals surface area contributed by atoms with Crippen molar-refractivity contribution in [3.63, 3.8) is 0 Å². The number of hydrogen-bond acceptors (Lipinski definition) is 6. The van der Waals surface area contributed by atoms with Crippen LogP contribution in [0.3, 0.4) is 0 Å². The Hall–Kier alpha value is -1.46. The molecule has 6 nitrogen and oxygen atoms in total. The lowest BCUT2D eigenvalue weighted by Crippen LogP contribution is -2.12. The van der Waals surface area contributed by atoms with Crippen molar-refractivity contribution in [1.29, 1.82) is 0 Å². The molecule has 0 atom stereocenters. The first-order valence-electron chi connectivity index (χ1n) is 2.32. The van der Waals surface area contributed by atoms with Gasteiger partial charge in [0, 0.05) is 6.92 Å². The smallest absolute Gasteiger partial charge is 0.375 e. The molecule has 0 aliphatic heterocycles. The fraction of sp³-hybridized carbons (Fsp3) is 0.500. The summed E-state index contributed by atoms with van der Waals surface area (Å²) in [5, 5.41) is 1.82. The van der Waals surface area contributed by atoms with Crippen LogP contribution in [0.25, 0.3) is 0 Å². The molecule has 0 saturated heterocycles. The molecule has 0 aromatic heterocycles. The van der Waals surface area contributed by atoms with Crippen LogP contribution in [-0.4, -0.2) is 18.5 Å². The normalized spacial score (nSPS) is 8.10. The predicted molar refractivity (Wildman–Crippen MR) is 28.5 cm³/mol. The van der Waals surface area contributed by atoms with Gasteiger partial charge in [0.25, 0.3) is 0 Å². The highest BCUT2D eigenvalue weighted by Gasteiger charge is 2.04. The highest BCUT2D eigenvalue weighted by Crippen LogP contribution is 1.81. The van der Waals surface area contributed by atoms with Gasteiger partial charge >= 0.3 is 11.9 Å². The molecule has 0 rings (SSSR count). The first-order chi connectivity index (χ1) is 4.66. The summed E-state index contributed by atoms with van der Waals surface area (Å²) >= 11 is 0. The Morgan fingerprint density at radius 1 is 1.50 bits per heavy atom. The number of carbonyl (C=O) groups excluding carboxylic acids is 2. The maximum absolute atomic E-state index is 10.2. The van der Waals surface area contributed by atoms with Crippen LogP contribution in [0.15, 0.2) is 5.34 Å². The van der Waals surface area contributed by atoms with E-state index in [-0.39, 0.29) is 0 Å². The molecule has 10 heavy (non-hydrogen) atoms. The van der Waals surface area contributed by atoms with E-state index in [2.05, 4.69) is 9.57 Å². The quantitative estimate of drug-likeness (QED) is 0.313. The molecule has 0 saturated carbocycles. The average molecular weight is 147 g/mol. The third-order valence-corrected chi connectivity index (χ3v) is 0.532. The maximum Gasteiger partial charge on any atom is 0.375 e. The summed E-state index contributed by atoms with van der Waals surface area (Å²) in [5.41, 5.74) is 0. The first-order valence-corrected chi connectivity index (χ1v) is 2.32. The Morgan fingerprint density at radius 3 is 2.50 bits per heavy atom. The lowest BCUT2D eigenvalue weighted by Gasteiger charge is -1.94. The summed E-state index contributed by atoms with van der Waals surface area (Å²) in [7, 11) is 0. The summed E-state index contributed by atoms with van der Waals surface area (Å²) in [5.74, 6) is -1.62. The Kier molecular flexibility index (Phi) is 3.78. The molecule has 0 amide bonds. The van der Waals surface area contributed by atoms with Crippen molar-refractivity contribution < 1.29 is 19.2 Å². The van der Waals surface area contributed by atoms with Crippen molar-refractivity contribution in [3.8, 4) is 0 Å². The maximum atomic E-state index is 10.2. The van der Waals surface area contributed by atoms with Gasteiger partial charge in [0.2, 0.25) is 0 Å². The van der Waals surface area contributed by atoms with Gasteiger partial charge in [-0.2, -0.15) is 0 Å². The third kappa shape index (κ3) is 4.69. The molecule has 0 unspecified atom stereocenters. The molecule has 6 heteroatoms.